The van der Waals surface area contributed by atoms with Gasteiger partial charge in [0.15, 0.2) is 0 Å². The van der Waals surface area contributed by atoms with Crippen LogP contribution in [0.5, 0.6) is 11.5 Å². The standard InChI is InChI=1S/C19H18ClNO3/c20-14-3-1-2-12(10-14)4-7-21-19(22)17-15-6-9-23-16(15)11-13-5-8-24-18(13)17/h1-3,10-11H,4-9H2,(H,21,22). The van der Waals surface area contributed by atoms with Gasteiger partial charge in [0.1, 0.15) is 11.5 Å². The lowest BCUT2D eigenvalue weighted by molar-refractivity contribution is 0.0950. The van der Waals surface area contributed by atoms with Gasteiger partial charge < -0.3 is 14.8 Å². The molecule has 0 aromatic heterocycles. The maximum Gasteiger partial charge on any atom is 0.255 e. The van der Waals surface area contributed by atoms with E-state index in [-0.39, 0.29) is 5.91 Å². The van der Waals surface area contributed by atoms with Gasteiger partial charge in [-0.05, 0) is 30.2 Å². The first-order valence-electron chi connectivity index (χ1n) is 8.19. The molecule has 0 atom stereocenters. The number of fused-ring (bicyclic) bond motifs is 2. The van der Waals surface area contributed by atoms with Crippen LogP contribution in [0.3, 0.4) is 0 Å². The molecule has 2 heterocycles. The first-order valence-corrected chi connectivity index (χ1v) is 8.57. The van der Waals surface area contributed by atoms with Gasteiger partial charge >= 0.3 is 0 Å². The number of ether oxygens (including phenoxy) is 2. The maximum atomic E-state index is 12.7. The number of carbonyl (C=O) groups excluding carboxylic acids is 1. The molecule has 0 bridgehead atoms. The number of rotatable bonds is 4. The van der Waals surface area contributed by atoms with Gasteiger partial charge in [0.25, 0.3) is 5.91 Å². The molecule has 0 saturated carbocycles. The zero-order valence-electron chi connectivity index (χ0n) is 13.2. The van der Waals surface area contributed by atoms with Crippen LogP contribution in [-0.4, -0.2) is 25.7 Å². The quantitative estimate of drug-likeness (QED) is 0.927. The van der Waals surface area contributed by atoms with Crippen molar-refractivity contribution in [2.24, 2.45) is 0 Å². The molecule has 0 radical (unpaired) electrons. The Morgan fingerprint density at radius 3 is 2.92 bits per heavy atom. The normalized spacial score (nSPS) is 14.5. The summed E-state index contributed by atoms with van der Waals surface area (Å²) in [4.78, 5) is 12.7. The molecule has 0 saturated heterocycles. The Bertz CT molecular complexity index is 771. The number of benzene rings is 2. The van der Waals surface area contributed by atoms with E-state index in [0.29, 0.717) is 30.3 Å². The molecule has 1 amide bonds. The van der Waals surface area contributed by atoms with Crippen molar-refractivity contribution in [3.05, 3.63) is 57.6 Å². The first kappa shape index (κ1) is 15.3. The highest BCUT2D eigenvalue weighted by atomic mass is 35.5. The Morgan fingerprint density at radius 1 is 1.17 bits per heavy atom. The lowest BCUT2D eigenvalue weighted by Gasteiger charge is -2.13. The van der Waals surface area contributed by atoms with Crippen molar-refractivity contribution in [3.63, 3.8) is 0 Å². The number of halogens is 1. The third-order valence-electron chi connectivity index (χ3n) is 4.47. The molecule has 124 valence electrons. The van der Waals surface area contributed by atoms with E-state index in [0.717, 1.165) is 47.5 Å². The van der Waals surface area contributed by atoms with Gasteiger partial charge in [-0.2, -0.15) is 0 Å². The number of carbonyl (C=O) groups is 1. The first-order chi connectivity index (χ1) is 11.7. The molecule has 0 unspecified atom stereocenters. The predicted molar refractivity (Wildman–Crippen MR) is 92.3 cm³/mol. The molecule has 2 aromatic carbocycles. The van der Waals surface area contributed by atoms with Crippen LogP contribution in [0.15, 0.2) is 30.3 Å². The number of nitrogens with one attached hydrogen (secondary N) is 1. The Hall–Kier alpha value is -2.20. The van der Waals surface area contributed by atoms with Crippen molar-refractivity contribution in [2.45, 2.75) is 19.3 Å². The monoisotopic (exact) mass is 343 g/mol. The number of hydrogen-bond acceptors (Lipinski definition) is 3. The number of hydrogen-bond donors (Lipinski definition) is 1. The predicted octanol–water partition coefficient (Wildman–Crippen LogP) is 3.18. The smallest absolute Gasteiger partial charge is 0.255 e. The van der Waals surface area contributed by atoms with Crippen molar-refractivity contribution < 1.29 is 14.3 Å². The van der Waals surface area contributed by atoms with Crippen LogP contribution < -0.4 is 14.8 Å². The molecule has 4 nitrogen and oxygen atoms in total. The molecule has 24 heavy (non-hydrogen) atoms. The molecule has 4 rings (SSSR count). The summed E-state index contributed by atoms with van der Waals surface area (Å²) in [6, 6.07) is 9.71. The molecule has 0 aliphatic carbocycles. The summed E-state index contributed by atoms with van der Waals surface area (Å²) in [6.07, 6.45) is 2.32. The summed E-state index contributed by atoms with van der Waals surface area (Å²) < 4.78 is 11.4. The Labute approximate surface area is 145 Å². The average Bonchev–Trinajstić information content (AvgIpc) is 3.20. The molecule has 5 heteroatoms. The Balaban J connectivity index is 1.51. The van der Waals surface area contributed by atoms with Crippen LogP contribution in [-0.2, 0) is 19.3 Å². The van der Waals surface area contributed by atoms with Crippen LogP contribution in [0, 0.1) is 0 Å². The second-order valence-electron chi connectivity index (χ2n) is 6.05. The summed E-state index contributed by atoms with van der Waals surface area (Å²) >= 11 is 5.99. The highest BCUT2D eigenvalue weighted by molar-refractivity contribution is 6.30. The van der Waals surface area contributed by atoms with Crippen LogP contribution in [0.4, 0.5) is 0 Å². The zero-order valence-corrected chi connectivity index (χ0v) is 14.0. The van der Waals surface area contributed by atoms with Gasteiger partial charge in [-0.1, -0.05) is 23.7 Å². The highest BCUT2D eigenvalue weighted by Gasteiger charge is 2.29. The maximum absolute atomic E-state index is 12.7. The molecular weight excluding hydrogens is 326 g/mol. The molecule has 2 aliphatic heterocycles. The Morgan fingerprint density at radius 2 is 2.04 bits per heavy atom. The van der Waals surface area contributed by atoms with Crippen LogP contribution in [0.2, 0.25) is 5.02 Å². The minimum atomic E-state index is -0.0856. The summed E-state index contributed by atoms with van der Waals surface area (Å²) in [5.74, 6) is 1.48. The van der Waals surface area contributed by atoms with Gasteiger partial charge in [-0.25, -0.2) is 0 Å². The topological polar surface area (TPSA) is 47.6 Å². The number of amides is 1. The third kappa shape index (κ3) is 2.82. The van der Waals surface area contributed by atoms with E-state index >= 15 is 0 Å². The molecule has 0 spiro atoms. The third-order valence-corrected chi connectivity index (χ3v) is 4.70. The zero-order chi connectivity index (χ0) is 16.5. The largest absolute Gasteiger partial charge is 0.493 e. The Kier molecular flexibility index (Phi) is 4.07. The van der Waals surface area contributed by atoms with E-state index < -0.39 is 0 Å². The van der Waals surface area contributed by atoms with E-state index in [4.69, 9.17) is 21.1 Å². The van der Waals surface area contributed by atoms with Crippen molar-refractivity contribution >= 4 is 17.5 Å². The molecule has 1 N–H and O–H groups in total. The fraction of sp³-hybridized carbons (Fsp3) is 0.316. The lowest BCUT2D eigenvalue weighted by Crippen LogP contribution is -2.27. The summed E-state index contributed by atoms with van der Waals surface area (Å²) in [7, 11) is 0. The minimum Gasteiger partial charge on any atom is -0.493 e. The van der Waals surface area contributed by atoms with Crippen molar-refractivity contribution in [2.75, 3.05) is 19.8 Å². The van der Waals surface area contributed by atoms with Crippen molar-refractivity contribution in [1.29, 1.82) is 0 Å². The lowest BCUT2D eigenvalue weighted by atomic mass is 9.99. The van der Waals surface area contributed by atoms with Gasteiger partial charge in [-0.15, -0.1) is 0 Å². The molecule has 2 aromatic rings. The fourth-order valence-corrected chi connectivity index (χ4v) is 3.54. The second-order valence-corrected chi connectivity index (χ2v) is 6.49. The van der Waals surface area contributed by atoms with Crippen LogP contribution >= 0.6 is 11.6 Å². The second kappa shape index (κ2) is 6.36. The summed E-state index contributed by atoms with van der Waals surface area (Å²) in [6.45, 7) is 1.81. The van der Waals surface area contributed by atoms with Crippen molar-refractivity contribution in [1.82, 2.24) is 5.32 Å². The SMILES string of the molecule is O=C(NCCc1cccc(Cl)c1)c1c2c(cc3c1OCC3)OCC2. The summed E-state index contributed by atoms with van der Waals surface area (Å²) in [5.41, 5.74) is 3.79. The van der Waals surface area contributed by atoms with E-state index in [1.165, 1.54) is 0 Å². The van der Waals surface area contributed by atoms with E-state index in [2.05, 4.69) is 5.32 Å². The average molecular weight is 344 g/mol. The van der Waals surface area contributed by atoms with E-state index in [1.54, 1.807) is 0 Å². The molecule has 2 aliphatic rings. The van der Waals surface area contributed by atoms with E-state index in [1.807, 2.05) is 30.3 Å². The summed E-state index contributed by atoms with van der Waals surface area (Å²) in [5, 5.41) is 3.72. The molecule has 0 fully saturated rings. The fourth-order valence-electron chi connectivity index (χ4n) is 3.33. The van der Waals surface area contributed by atoms with E-state index in [9.17, 15) is 4.79 Å². The van der Waals surface area contributed by atoms with Gasteiger partial charge in [0, 0.05) is 35.5 Å². The van der Waals surface area contributed by atoms with Gasteiger partial charge in [-0.3, -0.25) is 4.79 Å². The van der Waals surface area contributed by atoms with Gasteiger partial charge in [0.2, 0.25) is 0 Å². The van der Waals surface area contributed by atoms with Gasteiger partial charge in [0.05, 0.1) is 18.8 Å². The van der Waals surface area contributed by atoms with Crippen LogP contribution in [0.1, 0.15) is 27.0 Å². The highest BCUT2D eigenvalue weighted by Crippen LogP contribution is 2.40. The van der Waals surface area contributed by atoms with Crippen LogP contribution in [0.25, 0.3) is 0 Å². The minimum absolute atomic E-state index is 0.0856. The molecular formula is C19H18ClNO3. The van der Waals surface area contributed by atoms with Crippen molar-refractivity contribution in [3.8, 4) is 11.5 Å².